The van der Waals surface area contributed by atoms with E-state index in [-0.39, 0.29) is 6.29 Å². The molecule has 0 spiro atoms. The Labute approximate surface area is 87.2 Å². The minimum atomic E-state index is -0.204. The van der Waals surface area contributed by atoms with Gasteiger partial charge in [0.2, 0.25) is 6.29 Å². The van der Waals surface area contributed by atoms with Crippen molar-refractivity contribution in [3.8, 4) is 11.5 Å². The topological polar surface area (TPSA) is 42.9 Å². The van der Waals surface area contributed by atoms with Crippen LogP contribution in [0.15, 0.2) is 23.4 Å². The van der Waals surface area contributed by atoms with Crippen LogP contribution in [0, 0.1) is 0 Å². The lowest BCUT2D eigenvalue weighted by molar-refractivity contribution is 0.0678. The normalized spacial score (nSPS) is 20.7. The molecule has 3 rings (SSSR count). The van der Waals surface area contributed by atoms with Gasteiger partial charge in [0.25, 0.3) is 0 Å². The fourth-order valence-electron chi connectivity index (χ4n) is 1.69. The lowest BCUT2D eigenvalue weighted by Gasteiger charge is -2.01. The van der Waals surface area contributed by atoms with Gasteiger partial charge in [0.1, 0.15) is 0 Å². The van der Waals surface area contributed by atoms with Crippen molar-refractivity contribution >= 4 is 12.3 Å². The Bertz CT molecular complexity index is 425. The molecule has 0 amide bonds. The molecule has 4 heteroatoms. The maximum Gasteiger partial charge on any atom is 0.238 e. The van der Waals surface area contributed by atoms with Crippen molar-refractivity contribution in [3.63, 3.8) is 0 Å². The predicted octanol–water partition coefficient (Wildman–Crippen LogP) is 1.71. The Hall–Kier alpha value is -1.97. The zero-order chi connectivity index (χ0) is 10.3. The van der Waals surface area contributed by atoms with Gasteiger partial charge in [-0.25, -0.2) is 0 Å². The Balaban J connectivity index is 2.14. The first-order valence-corrected chi connectivity index (χ1v) is 4.79. The molecule has 0 aliphatic carbocycles. The molecule has 0 saturated heterocycles. The van der Waals surface area contributed by atoms with Gasteiger partial charge in [-0.2, -0.15) is 5.10 Å². The second kappa shape index (κ2) is 3.02. The van der Waals surface area contributed by atoms with E-state index in [1.165, 1.54) is 0 Å². The first-order chi connectivity index (χ1) is 7.33. The first kappa shape index (κ1) is 8.35. The number of hydrazone groups is 1. The second-order valence-electron chi connectivity index (χ2n) is 3.45. The highest BCUT2D eigenvalue weighted by Gasteiger charge is 2.21. The van der Waals surface area contributed by atoms with E-state index in [0.29, 0.717) is 0 Å². The van der Waals surface area contributed by atoms with Crippen LogP contribution in [0.5, 0.6) is 11.5 Å². The van der Waals surface area contributed by atoms with Crippen molar-refractivity contribution in [1.82, 2.24) is 5.43 Å². The summed E-state index contributed by atoms with van der Waals surface area (Å²) >= 11 is 0. The zero-order valence-corrected chi connectivity index (χ0v) is 8.23. The average Bonchev–Trinajstić information content (AvgIpc) is 2.44. The van der Waals surface area contributed by atoms with Crippen LogP contribution < -0.4 is 14.9 Å². The van der Waals surface area contributed by atoms with Crippen molar-refractivity contribution in [2.75, 3.05) is 0 Å². The molecule has 76 valence electrons. The largest absolute Gasteiger partial charge is 0.451 e. The Morgan fingerprint density at radius 3 is 2.73 bits per heavy atom. The molecule has 2 aliphatic heterocycles. The van der Waals surface area contributed by atoms with Gasteiger partial charge in [-0.1, -0.05) is 0 Å². The molecule has 2 aliphatic rings. The first-order valence-electron chi connectivity index (χ1n) is 4.79. The summed E-state index contributed by atoms with van der Waals surface area (Å²) in [5.41, 5.74) is 4.88. The van der Waals surface area contributed by atoms with Crippen LogP contribution in [0.3, 0.4) is 0 Å². The number of nitrogens with one attached hydrogen (secondary N) is 1. The number of nitrogens with zero attached hydrogens (tertiary/aromatic N) is 1. The van der Waals surface area contributed by atoms with Gasteiger partial charge in [0.15, 0.2) is 11.5 Å². The van der Waals surface area contributed by atoms with Crippen molar-refractivity contribution in [2.24, 2.45) is 5.10 Å². The number of rotatable bonds is 0. The Morgan fingerprint density at radius 1 is 1.20 bits per heavy atom. The molecular formula is C11H10N2O2. The van der Waals surface area contributed by atoms with Crippen LogP contribution in [0.2, 0.25) is 0 Å². The molecule has 1 N–H and O–H groups in total. The van der Waals surface area contributed by atoms with Crippen molar-refractivity contribution < 1.29 is 9.47 Å². The van der Waals surface area contributed by atoms with Crippen molar-refractivity contribution in [3.05, 3.63) is 29.5 Å². The van der Waals surface area contributed by atoms with Gasteiger partial charge in [0.05, 0.1) is 6.21 Å². The van der Waals surface area contributed by atoms with E-state index in [1.807, 2.05) is 25.1 Å². The van der Waals surface area contributed by atoms with E-state index in [2.05, 4.69) is 10.5 Å². The summed E-state index contributed by atoms with van der Waals surface area (Å²) in [5.74, 6) is 1.57. The summed E-state index contributed by atoms with van der Waals surface area (Å²) in [6.07, 6.45) is 5.30. The highest BCUT2D eigenvalue weighted by Crippen LogP contribution is 2.37. The van der Waals surface area contributed by atoms with Crippen LogP contribution in [0.1, 0.15) is 18.1 Å². The lowest BCUT2D eigenvalue weighted by atomic mass is 10.1. The fraction of sp³-hybridized carbons (Fsp3) is 0.182. The smallest absolute Gasteiger partial charge is 0.238 e. The summed E-state index contributed by atoms with van der Waals surface area (Å²) in [6, 6.07) is 3.90. The number of ether oxygens (including phenoxy) is 2. The molecule has 15 heavy (non-hydrogen) atoms. The van der Waals surface area contributed by atoms with E-state index in [1.54, 1.807) is 12.4 Å². The summed E-state index contributed by atoms with van der Waals surface area (Å²) in [7, 11) is 0. The molecule has 1 aromatic rings. The molecule has 2 heterocycles. The fourth-order valence-corrected chi connectivity index (χ4v) is 1.69. The van der Waals surface area contributed by atoms with Gasteiger partial charge in [-0.05, 0) is 23.8 Å². The molecule has 1 aromatic carbocycles. The third-order valence-electron chi connectivity index (χ3n) is 2.35. The average molecular weight is 202 g/mol. The maximum absolute atomic E-state index is 5.49. The van der Waals surface area contributed by atoms with Gasteiger partial charge >= 0.3 is 0 Å². The highest BCUT2D eigenvalue weighted by atomic mass is 16.7. The second-order valence-corrected chi connectivity index (χ2v) is 3.45. The van der Waals surface area contributed by atoms with Crippen LogP contribution in [-0.2, 0) is 0 Å². The SMILES string of the molecule is CC1Oc2cc3c(cc2O1)C=NNC=C3. The van der Waals surface area contributed by atoms with Gasteiger partial charge in [-0.3, -0.25) is 5.43 Å². The monoisotopic (exact) mass is 202 g/mol. The molecular weight excluding hydrogens is 192 g/mol. The third kappa shape index (κ3) is 1.34. The quantitative estimate of drug-likeness (QED) is 0.696. The molecule has 0 bridgehead atoms. The van der Waals surface area contributed by atoms with Crippen LogP contribution in [0.4, 0.5) is 0 Å². The number of hydrogen-bond donors (Lipinski definition) is 1. The van der Waals surface area contributed by atoms with E-state index < -0.39 is 0 Å². The summed E-state index contributed by atoms with van der Waals surface area (Å²) < 4.78 is 11.0. The van der Waals surface area contributed by atoms with Crippen molar-refractivity contribution in [2.45, 2.75) is 13.2 Å². The minimum Gasteiger partial charge on any atom is -0.451 e. The van der Waals surface area contributed by atoms with Crippen LogP contribution in [-0.4, -0.2) is 12.5 Å². The zero-order valence-electron chi connectivity index (χ0n) is 8.23. The predicted molar refractivity (Wildman–Crippen MR) is 56.9 cm³/mol. The van der Waals surface area contributed by atoms with Crippen LogP contribution >= 0.6 is 0 Å². The molecule has 0 saturated carbocycles. The summed E-state index contributed by atoms with van der Waals surface area (Å²) in [6.45, 7) is 1.87. The standard InChI is InChI=1S/C11H10N2O2/c1-7-14-10-4-8-2-3-12-13-6-9(8)5-11(10)15-7/h2-7,12H,1H3. The van der Waals surface area contributed by atoms with E-state index in [4.69, 9.17) is 9.47 Å². The van der Waals surface area contributed by atoms with Gasteiger partial charge < -0.3 is 9.47 Å². The molecule has 4 nitrogen and oxygen atoms in total. The molecule has 0 fully saturated rings. The molecule has 1 atom stereocenters. The summed E-state index contributed by atoms with van der Waals surface area (Å²) in [4.78, 5) is 0. The lowest BCUT2D eigenvalue weighted by Crippen LogP contribution is -2.11. The molecule has 0 aromatic heterocycles. The number of fused-ring (bicyclic) bond motifs is 2. The van der Waals surface area contributed by atoms with E-state index in [9.17, 15) is 0 Å². The number of benzene rings is 1. The summed E-state index contributed by atoms with van der Waals surface area (Å²) in [5, 5.41) is 4.00. The molecule has 0 radical (unpaired) electrons. The number of hydrogen-bond acceptors (Lipinski definition) is 4. The third-order valence-corrected chi connectivity index (χ3v) is 2.35. The van der Waals surface area contributed by atoms with E-state index >= 15 is 0 Å². The Kier molecular flexibility index (Phi) is 1.68. The van der Waals surface area contributed by atoms with E-state index in [0.717, 1.165) is 22.6 Å². The van der Waals surface area contributed by atoms with Crippen molar-refractivity contribution in [1.29, 1.82) is 0 Å². The minimum absolute atomic E-state index is 0.204. The Morgan fingerprint density at radius 2 is 1.93 bits per heavy atom. The van der Waals surface area contributed by atoms with Gasteiger partial charge in [0, 0.05) is 18.7 Å². The highest BCUT2D eigenvalue weighted by molar-refractivity contribution is 5.87. The van der Waals surface area contributed by atoms with Crippen LogP contribution in [0.25, 0.3) is 6.08 Å². The molecule has 1 unspecified atom stereocenters. The maximum atomic E-state index is 5.49. The van der Waals surface area contributed by atoms with Gasteiger partial charge in [-0.15, -0.1) is 0 Å².